The highest BCUT2D eigenvalue weighted by atomic mass is 16.6. The zero-order valence-corrected chi connectivity index (χ0v) is 12.9. The normalized spacial score (nSPS) is 29.9. The SMILES string of the molecule is COc1ccc2c3c1O[C@@H](O)C[C@@]31C=CC(=O)C[C@H]1C([N+](=O)[O-])=C2. The second-order valence-electron chi connectivity index (χ2n) is 6.26. The first-order valence-electron chi connectivity index (χ1n) is 7.60. The van der Waals surface area contributed by atoms with E-state index in [2.05, 4.69) is 0 Å². The number of aliphatic hydroxyl groups is 1. The number of ketones is 1. The Morgan fingerprint density at radius 1 is 1.46 bits per heavy atom. The van der Waals surface area contributed by atoms with Crippen molar-refractivity contribution in [2.75, 3.05) is 7.11 Å². The minimum absolute atomic E-state index is 0.00887. The number of allylic oxidation sites excluding steroid dienone is 3. The average Bonchev–Trinajstić information content (AvgIpc) is 2.54. The van der Waals surface area contributed by atoms with Crippen molar-refractivity contribution in [2.24, 2.45) is 5.92 Å². The molecule has 1 aliphatic heterocycles. The van der Waals surface area contributed by atoms with Crippen molar-refractivity contribution in [3.8, 4) is 11.5 Å². The second kappa shape index (κ2) is 4.91. The lowest BCUT2D eigenvalue weighted by Crippen LogP contribution is -2.48. The van der Waals surface area contributed by atoms with E-state index in [0.29, 0.717) is 17.1 Å². The first-order valence-corrected chi connectivity index (χ1v) is 7.60. The van der Waals surface area contributed by atoms with Crippen molar-refractivity contribution in [3.63, 3.8) is 0 Å². The number of carbonyl (C=O) groups is 1. The summed E-state index contributed by atoms with van der Waals surface area (Å²) < 4.78 is 10.9. The van der Waals surface area contributed by atoms with Crippen molar-refractivity contribution in [1.29, 1.82) is 0 Å². The molecule has 0 amide bonds. The molecule has 2 aliphatic carbocycles. The molecular formula is C17H15NO6. The van der Waals surface area contributed by atoms with Gasteiger partial charge in [0.25, 0.3) is 5.70 Å². The molecule has 3 aliphatic rings. The molecule has 3 atom stereocenters. The molecule has 0 saturated heterocycles. The molecule has 0 fully saturated rings. The third-order valence-corrected chi connectivity index (χ3v) is 5.07. The number of hydrogen-bond donors (Lipinski definition) is 1. The topological polar surface area (TPSA) is 98.9 Å². The average molecular weight is 329 g/mol. The summed E-state index contributed by atoms with van der Waals surface area (Å²) in [6.45, 7) is 0. The van der Waals surface area contributed by atoms with Crippen LogP contribution in [0.25, 0.3) is 6.08 Å². The van der Waals surface area contributed by atoms with Gasteiger partial charge in [-0.05, 0) is 17.7 Å². The second-order valence-corrected chi connectivity index (χ2v) is 6.26. The van der Waals surface area contributed by atoms with Crippen molar-refractivity contribution in [1.82, 2.24) is 0 Å². The summed E-state index contributed by atoms with van der Waals surface area (Å²) in [5.41, 5.74) is 0.540. The van der Waals surface area contributed by atoms with Gasteiger partial charge in [-0.25, -0.2) is 0 Å². The number of carbonyl (C=O) groups excluding carboxylic acids is 1. The molecule has 0 saturated carbocycles. The van der Waals surface area contributed by atoms with Crippen molar-refractivity contribution < 1.29 is 24.3 Å². The standard InChI is InChI=1S/C17H15NO6/c1-23-13-3-2-9-6-12(18(21)22)11-7-10(19)4-5-17(11)8-14(20)24-16(13)15(9)17/h2-6,11,14,20H,7-8H2,1H3/t11-,14+,17+/m0/s1. The van der Waals surface area contributed by atoms with E-state index in [1.165, 1.54) is 19.3 Å². The summed E-state index contributed by atoms with van der Waals surface area (Å²) in [6.07, 6.45) is 3.69. The number of rotatable bonds is 2. The predicted octanol–water partition coefficient (Wildman–Crippen LogP) is 1.81. The monoisotopic (exact) mass is 329 g/mol. The molecule has 1 aromatic carbocycles. The Labute approximate surface area is 137 Å². The van der Waals surface area contributed by atoms with Gasteiger partial charge in [0.1, 0.15) is 0 Å². The number of nitro groups is 1. The molecular weight excluding hydrogens is 314 g/mol. The van der Waals surface area contributed by atoms with E-state index in [-0.39, 0.29) is 24.3 Å². The van der Waals surface area contributed by atoms with Crippen LogP contribution in [0.1, 0.15) is 24.0 Å². The van der Waals surface area contributed by atoms with Crippen LogP contribution in [0.5, 0.6) is 11.5 Å². The Balaban J connectivity index is 2.08. The van der Waals surface area contributed by atoms with Crippen LogP contribution in [0.3, 0.4) is 0 Å². The smallest absolute Gasteiger partial charge is 0.251 e. The molecule has 1 heterocycles. The van der Waals surface area contributed by atoms with E-state index in [1.54, 1.807) is 18.2 Å². The van der Waals surface area contributed by atoms with Gasteiger partial charge in [0.05, 0.1) is 18.0 Å². The molecule has 24 heavy (non-hydrogen) atoms. The summed E-state index contributed by atoms with van der Waals surface area (Å²) in [6, 6.07) is 3.40. The Morgan fingerprint density at radius 3 is 2.96 bits per heavy atom. The van der Waals surface area contributed by atoms with Crippen molar-refractivity contribution in [2.45, 2.75) is 24.5 Å². The maximum absolute atomic E-state index is 11.9. The van der Waals surface area contributed by atoms with Gasteiger partial charge in [-0.3, -0.25) is 14.9 Å². The molecule has 1 aromatic rings. The van der Waals surface area contributed by atoms with E-state index < -0.39 is 22.5 Å². The van der Waals surface area contributed by atoms with E-state index in [4.69, 9.17) is 9.47 Å². The molecule has 7 heteroatoms. The highest BCUT2D eigenvalue weighted by Gasteiger charge is 2.55. The zero-order chi connectivity index (χ0) is 17.1. The predicted molar refractivity (Wildman–Crippen MR) is 83.1 cm³/mol. The van der Waals surface area contributed by atoms with Crippen LogP contribution >= 0.6 is 0 Å². The summed E-state index contributed by atoms with van der Waals surface area (Å²) >= 11 is 0. The molecule has 1 spiro atoms. The van der Waals surface area contributed by atoms with Gasteiger partial charge in [0, 0.05) is 29.9 Å². The van der Waals surface area contributed by atoms with Gasteiger partial charge in [-0.2, -0.15) is 0 Å². The molecule has 0 radical (unpaired) electrons. The van der Waals surface area contributed by atoms with Crippen molar-refractivity contribution in [3.05, 3.63) is 51.2 Å². The number of methoxy groups -OCH3 is 1. The van der Waals surface area contributed by atoms with Crippen LogP contribution in [0, 0.1) is 16.0 Å². The van der Waals surface area contributed by atoms with Gasteiger partial charge in [0.2, 0.25) is 0 Å². The van der Waals surface area contributed by atoms with Gasteiger partial charge >= 0.3 is 0 Å². The van der Waals surface area contributed by atoms with Crippen LogP contribution in [-0.4, -0.2) is 29.2 Å². The highest BCUT2D eigenvalue weighted by molar-refractivity contribution is 5.92. The van der Waals surface area contributed by atoms with E-state index in [1.807, 2.05) is 0 Å². The first-order chi connectivity index (χ1) is 11.5. The zero-order valence-electron chi connectivity index (χ0n) is 12.9. The van der Waals surface area contributed by atoms with Crippen LogP contribution in [0.15, 0.2) is 30.0 Å². The molecule has 124 valence electrons. The summed E-state index contributed by atoms with van der Waals surface area (Å²) in [7, 11) is 1.49. The van der Waals surface area contributed by atoms with Crippen LogP contribution < -0.4 is 9.47 Å². The van der Waals surface area contributed by atoms with E-state index >= 15 is 0 Å². The molecule has 7 nitrogen and oxygen atoms in total. The van der Waals surface area contributed by atoms with E-state index in [0.717, 1.165) is 5.56 Å². The van der Waals surface area contributed by atoms with Crippen LogP contribution in [-0.2, 0) is 10.2 Å². The molecule has 4 rings (SSSR count). The Kier molecular flexibility index (Phi) is 3.05. The summed E-state index contributed by atoms with van der Waals surface area (Å²) in [4.78, 5) is 23.0. The quantitative estimate of drug-likeness (QED) is 0.656. The Hall–Kier alpha value is -2.67. The Morgan fingerprint density at radius 2 is 2.25 bits per heavy atom. The van der Waals surface area contributed by atoms with Gasteiger partial charge in [0.15, 0.2) is 23.6 Å². The lowest BCUT2D eigenvalue weighted by molar-refractivity contribution is -0.434. The number of benzene rings is 1. The minimum atomic E-state index is -1.13. The fourth-order valence-electron chi connectivity index (χ4n) is 4.11. The fourth-order valence-corrected chi connectivity index (χ4v) is 4.11. The third-order valence-electron chi connectivity index (χ3n) is 5.07. The number of aliphatic hydroxyl groups excluding tert-OH is 1. The van der Waals surface area contributed by atoms with Gasteiger partial charge < -0.3 is 14.6 Å². The molecule has 0 aromatic heterocycles. The number of nitrogens with zero attached hydrogens (tertiary/aromatic N) is 1. The molecule has 1 N–H and O–H groups in total. The lowest BCUT2D eigenvalue weighted by Gasteiger charge is -2.47. The minimum Gasteiger partial charge on any atom is -0.493 e. The summed E-state index contributed by atoms with van der Waals surface area (Å²) in [5, 5.41) is 21.8. The number of hydrogen-bond acceptors (Lipinski definition) is 6. The first kappa shape index (κ1) is 14.9. The molecule has 0 unspecified atom stereocenters. The van der Waals surface area contributed by atoms with Crippen molar-refractivity contribution >= 4 is 11.9 Å². The largest absolute Gasteiger partial charge is 0.493 e. The van der Waals surface area contributed by atoms with E-state index in [9.17, 15) is 20.0 Å². The van der Waals surface area contributed by atoms with Gasteiger partial charge in [-0.1, -0.05) is 12.1 Å². The highest BCUT2D eigenvalue weighted by Crippen LogP contribution is 2.57. The van der Waals surface area contributed by atoms with Crippen LogP contribution in [0.2, 0.25) is 0 Å². The maximum atomic E-state index is 11.9. The maximum Gasteiger partial charge on any atom is 0.251 e. The third kappa shape index (κ3) is 1.85. The lowest BCUT2D eigenvalue weighted by atomic mass is 9.58. The fraction of sp³-hybridized carbons (Fsp3) is 0.353. The van der Waals surface area contributed by atoms with Crippen LogP contribution in [0.4, 0.5) is 0 Å². The molecule has 0 bridgehead atoms. The Bertz CT molecular complexity index is 827. The van der Waals surface area contributed by atoms with Gasteiger partial charge in [-0.15, -0.1) is 0 Å². The summed E-state index contributed by atoms with van der Waals surface area (Å²) in [5.74, 6) is 0.0411. The number of ether oxygens (including phenoxy) is 2.